The lowest BCUT2D eigenvalue weighted by Gasteiger charge is -2.19. The Balaban J connectivity index is 1.03. The van der Waals surface area contributed by atoms with E-state index in [0.29, 0.717) is 95.9 Å². The van der Waals surface area contributed by atoms with Crippen LogP contribution >= 0.6 is 0 Å². The van der Waals surface area contributed by atoms with Crippen LogP contribution in [0.1, 0.15) is 22.3 Å². The summed E-state index contributed by atoms with van der Waals surface area (Å²) in [6, 6.07) is 81.5. The number of fused-ring (bicyclic) bond motifs is 6. The monoisotopic (exact) mass is 1220 g/mol. The maximum atomic E-state index is 10.1. The maximum absolute atomic E-state index is 10.1. The minimum atomic E-state index is 0.329. The van der Waals surface area contributed by atoms with E-state index in [2.05, 4.69) is 89.2 Å². The van der Waals surface area contributed by atoms with Gasteiger partial charge in [0, 0.05) is 72.9 Å². The second-order valence-corrected chi connectivity index (χ2v) is 22.7. The third kappa shape index (κ3) is 10.2. The largest absolute Gasteiger partial charge is 0.309 e. The van der Waals surface area contributed by atoms with Crippen LogP contribution in [0.15, 0.2) is 243 Å². The molecular weight excluding hydrogens is 1180 g/mol. The Kier molecular flexibility index (Phi) is 14.3. The average Bonchev–Trinajstić information content (AvgIpc) is 1.55. The Labute approximate surface area is 549 Å². The van der Waals surface area contributed by atoms with Crippen LogP contribution in [0, 0.1) is 71.6 Å². The number of hydrogen-bond donors (Lipinski definition) is 0. The summed E-state index contributed by atoms with van der Waals surface area (Å²) in [7, 11) is 0. The second kappa shape index (κ2) is 23.8. The first-order chi connectivity index (χ1) is 47.1. The molecule has 0 spiro atoms. The zero-order valence-corrected chi connectivity index (χ0v) is 50.4. The molecule has 96 heavy (non-hydrogen) atoms. The maximum Gasteiger partial charge on any atom is 0.189 e. The van der Waals surface area contributed by atoms with E-state index in [9.17, 15) is 21.0 Å². The molecule has 11 aromatic carbocycles. The van der Waals surface area contributed by atoms with Crippen molar-refractivity contribution in [1.29, 1.82) is 21.0 Å². The minimum Gasteiger partial charge on any atom is -0.309 e. The Morgan fingerprint density at radius 3 is 1.03 bits per heavy atom. The van der Waals surface area contributed by atoms with Gasteiger partial charge in [-0.1, -0.05) is 103 Å². The van der Waals surface area contributed by atoms with Gasteiger partial charge in [0.15, 0.2) is 40.2 Å². The molecule has 0 saturated heterocycles. The molecule has 0 saturated carbocycles. The van der Waals surface area contributed by atoms with E-state index < -0.39 is 0 Å². The minimum absolute atomic E-state index is 0.329. The van der Waals surface area contributed by atoms with Crippen LogP contribution in [-0.2, 0) is 0 Å². The summed E-state index contributed by atoms with van der Waals surface area (Å²) in [5, 5.41) is 43.8. The zero-order chi connectivity index (χ0) is 65.6. The van der Waals surface area contributed by atoms with Gasteiger partial charge in [0.1, 0.15) is 0 Å². The topological polar surface area (TPSA) is 174 Å². The molecule has 0 radical (unpaired) electrons. The van der Waals surface area contributed by atoms with Crippen LogP contribution in [0.4, 0.5) is 22.7 Å². The first-order valence-corrected chi connectivity index (χ1v) is 30.0. The van der Waals surface area contributed by atoms with Gasteiger partial charge in [-0.25, -0.2) is 34.3 Å². The summed E-state index contributed by atoms with van der Waals surface area (Å²) >= 11 is 0. The number of nitriles is 4. The fourth-order valence-electron chi connectivity index (χ4n) is 12.7. The van der Waals surface area contributed by atoms with Crippen molar-refractivity contribution in [1.82, 2.24) is 29.1 Å². The average molecular weight is 1220 g/mol. The lowest BCUT2D eigenvalue weighted by atomic mass is 9.97. The van der Waals surface area contributed by atoms with Crippen molar-refractivity contribution in [3.63, 3.8) is 0 Å². The van der Waals surface area contributed by atoms with Gasteiger partial charge in [0.2, 0.25) is 0 Å². The van der Waals surface area contributed by atoms with Crippen molar-refractivity contribution in [2.24, 2.45) is 0 Å². The Morgan fingerprint density at radius 2 is 0.635 bits per heavy atom. The van der Waals surface area contributed by atoms with Crippen LogP contribution < -0.4 is 0 Å². The highest BCUT2D eigenvalue weighted by atomic mass is 15.0. The number of nitrogens with zero attached hydrogens (tertiary/aromatic N) is 14. The van der Waals surface area contributed by atoms with E-state index >= 15 is 0 Å². The van der Waals surface area contributed by atoms with Crippen LogP contribution in [-0.4, -0.2) is 29.1 Å². The summed E-state index contributed by atoms with van der Waals surface area (Å²) < 4.78 is 4.41. The van der Waals surface area contributed by atoms with Crippen molar-refractivity contribution in [2.45, 2.75) is 0 Å². The van der Waals surface area contributed by atoms with Gasteiger partial charge < -0.3 is 9.13 Å². The van der Waals surface area contributed by atoms with Gasteiger partial charge in [-0.2, -0.15) is 21.0 Å². The molecule has 0 aliphatic rings. The fraction of sp³-hybridized carbons (Fsp3) is 0. The molecule has 0 amide bonds. The van der Waals surface area contributed by atoms with E-state index in [1.807, 2.05) is 128 Å². The summed E-state index contributed by atoms with van der Waals surface area (Å²) in [5.74, 6) is 1.37. The molecule has 15 rings (SSSR count). The van der Waals surface area contributed by atoms with Crippen molar-refractivity contribution in [3.8, 4) is 125 Å². The van der Waals surface area contributed by atoms with E-state index in [0.717, 1.165) is 93.9 Å². The molecule has 0 fully saturated rings. The molecule has 14 heteroatoms. The summed E-state index contributed by atoms with van der Waals surface area (Å²) in [5.41, 5.74) is 17.0. The predicted octanol–water partition coefficient (Wildman–Crippen LogP) is 20.5. The molecule has 0 unspecified atom stereocenters. The highest BCUT2D eigenvalue weighted by Gasteiger charge is 2.25. The third-order valence-electron chi connectivity index (χ3n) is 17.1. The van der Waals surface area contributed by atoms with Crippen molar-refractivity contribution < 1.29 is 0 Å². The van der Waals surface area contributed by atoms with E-state index in [4.69, 9.17) is 46.2 Å². The van der Waals surface area contributed by atoms with Crippen LogP contribution in [0.25, 0.3) is 164 Å². The van der Waals surface area contributed by atoms with Gasteiger partial charge in [-0.05, 0) is 172 Å². The molecule has 14 nitrogen and oxygen atoms in total. The number of aromatic nitrogens is 6. The van der Waals surface area contributed by atoms with Gasteiger partial charge in [-0.15, -0.1) is 0 Å². The van der Waals surface area contributed by atoms with E-state index in [1.54, 1.807) is 79.0 Å². The lowest BCUT2D eigenvalue weighted by molar-refractivity contribution is 1.07. The smallest absolute Gasteiger partial charge is 0.189 e. The number of benzene rings is 11. The van der Waals surface area contributed by atoms with E-state index in [1.165, 1.54) is 0 Å². The third-order valence-corrected chi connectivity index (χ3v) is 17.1. The number of rotatable bonds is 10. The Morgan fingerprint density at radius 1 is 0.292 bits per heavy atom. The summed E-state index contributed by atoms with van der Waals surface area (Å²) in [6.45, 7) is 31.7. The van der Waals surface area contributed by atoms with E-state index in [-0.39, 0.29) is 0 Å². The molecule has 438 valence electrons. The van der Waals surface area contributed by atoms with Gasteiger partial charge in [-0.3, -0.25) is 4.98 Å². The quantitative estimate of drug-likeness (QED) is 0.122. The van der Waals surface area contributed by atoms with Gasteiger partial charge in [0.25, 0.3) is 0 Å². The van der Waals surface area contributed by atoms with Gasteiger partial charge >= 0.3 is 0 Å². The first-order valence-electron chi connectivity index (χ1n) is 30.0. The highest BCUT2D eigenvalue weighted by molar-refractivity contribution is 6.14. The molecule has 0 aliphatic carbocycles. The molecule has 0 atom stereocenters. The summed E-state index contributed by atoms with van der Waals surface area (Å²) in [4.78, 5) is 35.3. The SMILES string of the molecule is [C-]#[N+]c1cc(C#N)cc(-c2ccc3c(c2)c2cc(-c4cc(C#N)cc(C#N)c4)ccc2n3-c2ccncc2-c2cc(-c3nc(-c4ccccc4)nc(-c4ccccc4)n3)ccc2-n2c3ccc(-c4cc(C#N)cc([N+]#[C-])c4)cc3c3cc(-c4cc([N+]#[C-])cc([N+]#[C-])c4)ccc32)c1. The van der Waals surface area contributed by atoms with Crippen LogP contribution in [0.3, 0.4) is 0 Å². The zero-order valence-electron chi connectivity index (χ0n) is 50.4. The Bertz CT molecular complexity index is 5750. The molecule has 4 heterocycles. The van der Waals surface area contributed by atoms with Crippen molar-refractivity contribution >= 4 is 66.4 Å². The number of pyridine rings is 1. The molecular formula is C82H40N14. The van der Waals surface area contributed by atoms with Crippen LogP contribution in [0.5, 0.6) is 0 Å². The Hall–Kier alpha value is -14.9. The van der Waals surface area contributed by atoms with Gasteiger partial charge in [0.05, 0.1) is 95.1 Å². The molecule has 0 aliphatic heterocycles. The molecule has 0 N–H and O–H groups in total. The molecule has 0 bridgehead atoms. The fourth-order valence-corrected chi connectivity index (χ4v) is 12.7. The summed E-state index contributed by atoms with van der Waals surface area (Å²) in [6.07, 6.45) is 3.61. The molecule has 4 aromatic heterocycles. The van der Waals surface area contributed by atoms with Crippen LogP contribution in [0.2, 0.25) is 0 Å². The predicted molar refractivity (Wildman–Crippen MR) is 374 cm³/mol. The second-order valence-electron chi connectivity index (χ2n) is 22.7. The first kappa shape index (κ1) is 57.5. The standard InChI is InChI=1S/C82H40N14/c1-87-64-32-51(46-85)30-61(34-64)56-16-21-74-69(39-56)71-41-58(63-36-66(89-3)43-67(37-63)90-4)18-23-75(71)95(74)78-24-19-59(82-93-80(53-11-7-5-8-12-53)92-81(94-82)54-13-9-6-10-14-54)42-72(78)73-48-91-26-25-79(73)96-76-20-15-55(60-28-49(44-83)27-50(29-60)45-84)38-68(76)70-40-57(17-22-77(70)96)62-31-52(47-86)33-65(35-62)88-2/h5-43,48H. The number of hydrogen-bond acceptors (Lipinski definition) is 8. The highest BCUT2D eigenvalue weighted by Crippen LogP contribution is 2.46. The lowest BCUT2D eigenvalue weighted by Crippen LogP contribution is -2.04. The normalized spacial score (nSPS) is 10.8. The van der Waals surface area contributed by atoms with Crippen molar-refractivity contribution in [2.75, 3.05) is 0 Å². The van der Waals surface area contributed by atoms with Crippen molar-refractivity contribution in [3.05, 3.63) is 311 Å². The molecule has 15 aromatic rings.